The Hall–Kier alpha value is -0.910. The summed E-state index contributed by atoms with van der Waals surface area (Å²) in [6.45, 7) is 2.01. The second kappa shape index (κ2) is 4.74. The number of halogens is 1. The first-order valence-corrected chi connectivity index (χ1v) is 5.12. The second-order valence-electron chi connectivity index (χ2n) is 3.32. The number of aliphatic hydroxyl groups excluding tert-OH is 1. The standard InChI is InChI=1S/C9H12ClN3O2/c10-8-3-12-9(4-11-8)13-1-2-15-7(5-13)6-14/h3-4,7,14H,1-2,5-6H2. The number of rotatable bonds is 2. The van der Waals surface area contributed by atoms with Gasteiger partial charge in [-0.25, -0.2) is 9.97 Å². The van der Waals surface area contributed by atoms with Gasteiger partial charge in [0.2, 0.25) is 0 Å². The molecule has 5 nitrogen and oxygen atoms in total. The lowest BCUT2D eigenvalue weighted by Crippen LogP contribution is -2.44. The molecule has 2 heterocycles. The summed E-state index contributed by atoms with van der Waals surface area (Å²) in [6, 6.07) is 0. The summed E-state index contributed by atoms with van der Waals surface area (Å²) in [5.74, 6) is 0.765. The molecule has 15 heavy (non-hydrogen) atoms. The fourth-order valence-corrected chi connectivity index (χ4v) is 1.60. The van der Waals surface area contributed by atoms with Gasteiger partial charge in [0, 0.05) is 13.1 Å². The zero-order valence-electron chi connectivity index (χ0n) is 8.14. The highest BCUT2D eigenvalue weighted by molar-refractivity contribution is 6.29. The fraction of sp³-hybridized carbons (Fsp3) is 0.556. The van der Waals surface area contributed by atoms with Gasteiger partial charge in [-0.1, -0.05) is 11.6 Å². The lowest BCUT2D eigenvalue weighted by atomic mass is 10.3. The van der Waals surface area contributed by atoms with E-state index in [2.05, 4.69) is 9.97 Å². The monoisotopic (exact) mass is 229 g/mol. The van der Waals surface area contributed by atoms with E-state index >= 15 is 0 Å². The molecule has 0 radical (unpaired) electrons. The summed E-state index contributed by atoms with van der Waals surface area (Å²) >= 11 is 5.65. The summed E-state index contributed by atoms with van der Waals surface area (Å²) in [5, 5.41) is 9.37. The minimum atomic E-state index is -0.142. The van der Waals surface area contributed by atoms with Crippen molar-refractivity contribution < 1.29 is 9.84 Å². The summed E-state index contributed by atoms with van der Waals surface area (Å²) in [4.78, 5) is 10.1. The summed E-state index contributed by atoms with van der Waals surface area (Å²) < 4.78 is 5.34. The minimum absolute atomic E-state index is 0.0253. The van der Waals surface area contributed by atoms with Gasteiger partial charge in [-0.05, 0) is 0 Å². The quantitative estimate of drug-likeness (QED) is 0.792. The van der Waals surface area contributed by atoms with E-state index < -0.39 is 0 Å². The van der Waals surface area contributed by atoms with E-state index in [0.717, 1.165) is 12.4 Å². The molecule has 0 amide bonds. The highest BCUT2D eigenvalue weighted by atomic mass is 35.5. The van der Waals surface area contributed by atoms with Crippen molar-refractivity contribution in [1.82, 2.24) is 9.97 Å². The number of ether oxygens (including phenoxy) is 1. The molecule has 6 heteroatoms. The minimum Gasteiger partial charge on any atom is -0.394 e. The molecule has 1 aliphatic heterocycles. The van der Waals surface area contributed by atoms with Gasteiger partial charge in [0.1, 0.15) is 11.0 Å². The smallest absolute Gasteiger partial charge is 0.147 e. The van der Waals surface area contributed by atoms with Crippen molar-refractivity contribution in [2.75, 3.05) is 31.2 Å². The van der Waals surface area contributed by atoms with Gasteiger partial charge in [-0.3, -0.25) is 0 Å². The fourth-order valence-electron chi connectivity index (χ4n) is 1.51. The third-order valence-electron chi connectivity index (χ3n) is 2.27. The summed E-state index contributed by atoms with van der Waals surface area (Å²) in [5.41, 5.74) is 0. The molecule has 0 saturated carbocycles. The molecule has 1 unspecified atom stereocenters. The molecule has 0 aromatic carbocycles. The number of nitrogens with zero attached hydrogens (tertiary/aromatic N) is 3. The van der Waals surface area contributed by atoms with Crippen LogP contribution >= 0.6 is 11.6 Å². The van der Waals surface area contributed by atoms with Crippen molar-refractivity contribution in [2.45, 2.75) is 6.10 Å². The molecule has 1 aromatic heterocycles. The first kappa shape index (κ1) is 10.6. The Morgan fingerprint density at radius 1 is 1.53 bits per heavy atom. The zero-order valence-corrected chi connectivity index (χ0v) is 8.89. The SMILES string of the molecule is OCC1CN(c2cnc(Cl)cn2)CCO1. The Bertz CT molecular complexity index is 320. The average Bonchev–Trinajstić information content (AvgIpc) is 2.30. The lowest BCUT2D eigenvalue weighted by Gasteiger charge is -2.32. The van der Waals surface area contributed by atoms with Crippen LogP contribution in [-0.4, -0.2) is 47.5 Å². The highest BCUT2D eigenvalue weighted by Gasteiger charge is 2.20. The molecule has 1 fully saturated rings. The lowest BCUT2D eigenvalue weighted by molar-refractivity contribution is 0.00334. The molecule has 0 spiro atoms. The van der Waals surface area contributed by atoms with Gasteiger partial charge in [0.15, 0.2) is 0 Å². The van der Waals surface area contributed by atoms with E-state index in [1.807, 2.05) is 4.90 Å². The Labute approximate surface area is 92.7 Å². The van der Waals surface area contributed by atoms with Crippen LogP contribution in [0.15, 0.2) is 12.4 Å². The van der Waals surface area contributed by atoms with Crippen LogP contribution in [-0.2, 0) is 4.74 Å². The molecule has 1 saturated heterocycles. The Morgan fingerprint density at radius 3 is 3.07 bits per heavy atom. The first-order valence-electron chi connectivity index (χ1n) is 4.74. The van der Waals surface area contributed by atoms with Crippen LogP contribution in [0.25, 0.3) is 0 Å². The number of aliphatic hydroxyl groups is 1. The van der Waals surface area contributed by atoms with Crippen LogP contribution in [0.4, 0.5) is 5.82 Å². The van der Waals surface area contributed by atoms with Crippen molar-refractivity contribution in [3.8, 4) is 0 Å². The van der Waals surface area contributed by atoms with E-state index in [4.69, 9.17) is 21.4 Å². The summed E-state index contributed by atoms with van der Waals surface area (Å²) in [7, 11) is 0. The zero-order chi connectivity index (χ0) is 10.7. The predicted octanol–water partition coefficient (Wildman–Crippen LogP) is 0.327. The van der Waals surface area contributed by atoms with Gasteiger partial charge < -0.3 is 14.7 Å². The molecule has 1 N–H and O–H groups in total. The normalized spacial score (nSPS) is 21.7. The van der Waals surface area contributed by atoms with Gasteiger partial charge in [0.25, 0.3) is 0 Å². The third kappa shape index (κ3) is 2.56. The van der Waals surface area contributed by atoms with E-state index in [1.165, 1.54) is 6.20 Å². The van der Waals surface area contributed by atoms with Gasteiger partial charge in [-0.15, -0.1) is 0 Å². The van der Waals surface area contributed by atoms with Crippen LogP contribution in [0.2, 0.25) is 5.15 Å². The van der Waals surface area contributed by atoms with Crippen LogP contribution in [0.3, 0.4) is 0 Å². The molecule has 0 bridgehead atoms. The number of hydrogen-bond donors (Lipinski definition) is 1. The number of hydrogen-bond acceptors (Lipinski definition) is 5. The highest BCUT2D eigenvalue weighted by Crippen LogP contribution is 2.14. The maximum atomic E-state index is 8.99. The topological polar surface area (TPSA) is 58.5 Å². The second-order valence-corrected chi connectivity index (χ2v) is 3.71. The van der Waals surface area contributed by atoms with E-state index in [-0.39, 0.29) is 12.7 Å². The molecule has 1 aromatic rings. The molecule has 2 rings (SSSR count). The van der Waals surface area contributed by atoms with Crippen molar-refractivity contribution in [3.05, 3.63) is 17.5 Å². The van der Waals surface area contributed by atoms with Crippen LogP contribution in [0, 0.1) is 0 Å². The van der Waals surface area contributed by atoms with E-state index in [0.29, 0.717) is 18.3 Å². The molecule has 1 atom stereocenters. The van der Waals surface area contributed by atoms with Crippen LogP contribution in [0.1, 0.15) is 0 Å². The molecular formula is C9H12ClN3O2. The van der Waals surface area contributed by atoms with Crippen molar-refractivity contribution >= 4 is 17.4 Å². The Balaban J connectivity index is 2.06. The van der Waals surface area contributed by atoms with Gasteiger partial charge >= 0.3 is 0 Å². The third-order valence-corrected chi connectivity index (χ3v) is 2.47. The molecule has 0 aliphatic carbocycles. The maximum absolute atomic E-state index is 8.99. The maximum Gasteiger partial charge on any atom is 0.147 e. The van der Waals surface area contributed by atoms with E-state index in [9.17, 15) is 0 Å². The first-order chi connectivity index (χ1) is 7.29. The Morgan fingerprint density at radius 2 is 2.40 bits per heavy atom. The van der Waals surface area contributed by atoms with Gasteiger partial charge in [0.05, 0.1) is 31.7 Å². The van der Waals surface area contributed by atoms with Crippen LogP contribution < -0.4 is 4.90 Å². The molecule has 1 aliphatic rings. The van der Waals surface area contributed by atoms with Crippen LogP contribution in [0.5, 0.6) is 0 Å². The van der Waals surface area contributed by atoms with E-state index in [1.54, 1.807) is 6.20 Å². The summed E-state index contributed by atoms with van der Waals surface area (Å²) in [6.07, 6.45) is 3.00. The largest absolute Gasteiger partial charge is 0.394 e. The molecule has 82 valence electrons. The van der Waals surface area contributed by atoms with Gasteiger partial charge in [-0.2, -0.15) is 0 Å². The number of anilines is 1. The predicted molar refractivity (Wildman–Crippen MR) is 56.1 cm³/mol. The van der Waals surface area contributed by atoms with Crippen molar-refractivity contribution in [3.63, 3.8) is 0 Å². The average molecular weight is 230 g/mol. The number of aromatic nitrogens is 2. The van der Waals surface area contributed by atoms with Crippen molar-refractivity contribution in [2.24, 2.45) is 0 Å². The molecular weight excluding hydrogens is 218 g/mol. The Kier molecular flexibility index (Phi) is 3.35. The number of morpholine rings is 1. The van der Waals surface area contributed by atoms with Crippen molar-refractivity contribution in [1.29, 1.82) is 0 Å².